The number of hydrogen-bond acceptors (Lipinski definition) is 1. The van der Waals surface area contributed by atoms with Gasteiger partial charge in [0.05, 0.1) is 0 Å². The zero-order chi connectivity index (χ0) is 12.3. The summed E-state index contributed by atoms with van der Waals surface area (Å²) in [5.74, 6) is 0. The molecule has 1 nitrogen and oxygen atoms in total. The molecule has 0 aliphatic carbocycles. The third-order valence-corrected chi connectivity index (χ3v) is 3.22. The average molecular weight is 225 g/mol. The van der Waals surface area contributed by atoms with Crippen molar-refractivity contribution in [1.29, 1.82) is 0 Å². The lowest BCUT2D eigenvalue weighted by Crippen LogP contribution is -2.04. The molecule has 0 saturated heterocycles. The molecule has 0 spiro atoms. The van der Waals surface area contributed by atoms with Gasteiger partial charge < -0.3 is 5.73 Å². The van der Waals surface area contributed by atoms with Crippen LogP contribution in [0.4, 0.5) is 0 Å². The second-order valence-corrected chi connectivity index (χ2v) is 4.50. The van der Waals surface area contributed by atoms with Crippen LogP contribution in [0.3, 0.4) is 0 Å². The Morgan fingerprint density at radius 3 is 2.24 bits per heavy atom. The predicted molar refractivity (Wildman–Crippen MR) is 74.1 cm³/mol. The first kappa shape index (κ1) is 11.9. The van der Waals surface area contributed by atoms with Crippen molar-refractivity contribution < 1.29 is 0 Å². The molecule has 0 bridgehead atoms. The molecule has 0 atom stereocenters. The van der Waals surface area contributed by atoms with E-state index in [1.54, 1.807) is 0 Å². The molecule has 17 heavy (non-hydrogen) atoms. The van der Waals surface area contributed by atoms with Crippen LogP contribution in [0.15, 0.2) is 42.5 Å². The second kappa shape index (κ2) is 5.15. The number of aryl methyl sites for hydroxylation is 2. The predicted octanol–water partition coefficient (Wildman–Crippen LogP) is 3.47. The Morgan fingerprint density at radius 2 is 1.59 bits per heavy atom. The van der Waals surface area contributed by atoms with Crippen molar-refractivity contribution in [2.75, 3.05) is 6.54 Å². The topological polar surface area (TPSA) is 26.0 Å². The quantitative estimate of drug-likeness (QED) is 0.850. The first-order valence-corrected chi connectivity index (χ1v) is 6.08. The Hall–Kier alpha value is -1.60. The average Bonchev–Trinajstić information content (AvgIpc) is 2.35. The molecule has 0 radical (unpaired) electrons. The van der Waals surface area contributed by atoms with Crippen LogP contribution in [-0.4, -0.2) is 6.54 Å². The van der Waals surface area contributed by atoms with Gasteiger partial charge in [0.15, 0.2) is 0 Å². The van der Waals surface area contributed by atoms with Crippen LogP contribution in [0, 0.1) is 13.8 Å². The zero-order valence-corrected chi connectivity index (χ0v) is 10.5. The molecule has 0 saturated carbocycles. The molecular formula is C16H19N. The Bertz CT molecular complexity index is 500. The lowest BCUT2D eigenvalue weighted by Gasteiger charge is -2.12. The van der Waals surface area contributed by atoms with Gasteiger partial charge in [-0.3, -0.25) is 0 Å². The van der Waals surface area contributed by atoms with Crippen molar-refractivity contribution in [3.63, 3.8) is 0 Å². The first-order valence-electron chi connectivity index (χ1n) is 6.08. The molecule has 88 valence electrons. The number of hydrogen-bond donors (Lipinski definition) is 1. The summed E-state index contributed by atoms with van der Waals surface area (Å²) in [6.07, 6.45) is 0.936. The van der Waals surface area contributed by atoms with E-state index in [-0.39, 0.29) is 0 Å². The lowest BCUT2D eigenvalue weighted by molar-refractivity contribution is 0.967. The van der Waals surface area contributed by atoms with E-state index < -0.39 is 0 Å². The van der Waals surface area contributed by atoms with Crippen molar-refractivity contribution in [2.24, 2.45) is 5.73 Å². The summed E-state index contributed by atoms with van der Waals surface area (Å²) in [6.45, 7) is 5.01. The van der Waals surface area contributed by atoms with Gasteiger partial charge in [-0.2, -0.15) is 0 Å². The van der Waals surface area contributed by atoms with E-state index in [0.29, 0.717) is 6.54 Å². The van der Waals surface area contributed by atoms with Gasteiger partial charge in [-0.1, -0.05) is 42.5 Å². The molecule has 1 heteroatoms. The van der Waals surface area contributed by atoms with Crippen LogP contribution in [0.5, 0.6) is 0 Å². The van der Waals surface area contributed by atoms with Gasteiger partial charge in [0, 0.05) is 0 Å². The van der Waals surface area contributed by atoms with Crippen molar-refractivity contribution >= 4 is 0 Å². The zero-order valence-electron chi connectivity index (χ0n) is 10.5. The molecule has 2 rings (SSSR count). The normalized spacial score (nSPS) is 10.5. The summed E-state index contributed by atoms with van der Waals surface area (Å²) in [7, 11) is 0. The second-order valence-electron chi connectivity index (χ2n) is 4.50. The minimum absolute atomic E-state index is 0.697. The van der Waals surface area contributed by atoms with E-state index >= 15 is 0 Å². The Labute approximate surface area is 103 Å². The minimum Gasteiger partial charge on any atom is -0.330 e. The van der Waals surface area contributed by atoms with Gasteiger partial charge in [0.1, 0.15) is 0 Å². The van der Waals surface area contributed by atoms with Crippen LogP contribution in [0.1, 0.15) is 16.7 Å². The molecule has 0 amide bonds. The van der Waals surface area contributed by atoms with Gasteiger partial charge in [-0.25, -0.2) is 0 Å². The maximum Gasteiger partial charge on any atom is -0.00365 e. The van der Waals surface area contributed by atoms with Gasteiger partial charge in [0.2, 0.25) is 0 Å². The SMILES string of the molecule is Cc1cc(CCN)c(-c2ccccc2)cc1C. The fraction of sp³-hybridized carbons (Fsp3) is 0.250. The highest BCUT2D eigenvalue weighted by molar-refractivity contribution is 5.69. The number of nitrogens with two attached hydrogens (primary N) is 1. The first-order chi connectivity index (χ1) is 8.22. The Balaban J connectivity index is 2.55. The standard InChI is InChI=1S/C16H19N/c1-12-10-15(8-9-17)16(11-13(12)2)14-6-4-3-5-7-14/h3-7,10-11H,8-9,17H2,1-2H3. The van der Waals surface area contributed by atoms with Crippen LogP contribution >= 0.6 is 0 Å². The highest BCUT2D eigenvalue weighted by atomic mass is 14.5. The van der Waals surface area contributed by atoms with Crippen molar-refractivity contribution in [1.82, 2.24) is 0 Å². The van der Waals surface area contributed by atoms with Crippen molar-refractivity contribution in [3.05, 3.63) is 59.2 Å². The largest absolute Gasteiger partial charge is 0.330 e. The molecule has 2 aromatic rings. The van der Waals surface area contributed by atoms with Gasteiger partial charge >= 0.3 is 0 Å². The van der Waals surface area contributed by atoms with Crippen LogP contribution in [0.2, 0.25) is 0 Å². The summed E-state index contributed by atoms with van der Waals surface area (Å²) in [5.41, 5.74) is 12.3. The van der Waals surface area contributed by atoms with E-state index in [1.165, 1.54) is 27.8 Å². The monoisotopic (exact) mass is 225 g/mol. The highest BCUT2D eigenvalue weighted by Gasteiger charge is 2.06. The number of rotatable bonds is 3. The molecule has 2 aromatic carbocycles. The summed E-state index contributed by atoms with van der Waals surface area (Å²) < 4.78 is 0. The van der Waals surface area contributed by atoms with E-state index in [9.17, 15) is 0 Å². The molecule has 0 aliphatic heterocycles. The smallest absolute Gasteiger partial charge is 0.00365 e. The summed E-state index contributed by atoms with van der Waals surface area (Å²) >= 11 is 0. The van der Waals surface area contributed by atoms with Crippen LogP contribution in [0.25, 0.3) is 11.1 Å². The van der Waals surface area contributed by atoms with Gasteiger partial charge in [-0.15, -0.1) is 0 Å². The fourth-order valence-corrected chi connectivity index (χ4v) is 2.12. The summed E-state index contributed by atoms with van der Waals surface area (Å²) in [4.78, 5) is 0. The Kier molecular flexibility index (Phi) is 3.60. The van der Waals surface area contributed by atoms with Crippen molar-refractivity contribution in [2.45, 2.75) is 20.3 Å². The van der Waals surface area contributed by atoms with E-state index in [0.717, 1.165) is 6.42 Å². The van der Waals surface area contributed by atoms with E-state index in [1.807, 2.05) is 6.07 Å². The van der Waals surface area contributed by atoms with Crippen molar-refractivity contribution in [3.8, 4) is 11.1 Å². The number of benzene rings is 2. The minimum atomic E-state index is 0.697. The lowest BCUT2D eigenvalue weighted by atomic mass is 9.93. The molecule has 0 fully saturated rings. The third kappa shape index (κ3) is 2.56. The third-order valence-electron chi connectivity index (χ3n) is 3.22. The van der Waals surface area contributed by atoms with Gasteiger partial charge in [-0.05, 0) is 54.6 Å². The summed E-state index contributed by atoms with van der Waals surface area (Å²) in [6, 6.07) is 15.1. The van der Waals surface area contributed by atoms with Crippen LogP contribution in [-0.2, 0) is 6.42 Å². The molecule has 0 heterocycles. The van der Waals surface area contributed by atoms with E-state index in [2.05, 4.69) is 50.2 Å². The fourth-order valence-electron chi connectivity index (χ4n) is 2.12. The Morgan fingerprint density at radius 1 is 0.941 bits per heavy atom. The summed E-state index contributed by atoms with van der Waals surface area (Å²) in [5, 5.41) is 0. The van der Waals surface area contributed by atoms with E-state index in [4.69, 9.17) is 5.73 Å². The molecule has 0 aliphatic rings. The highest BCUT2D eigenvalue weighted by Crippen LogP contribution is 2.27. The molecule has 0 unspecified atom stereocenters. The maximum atomic E-state index is 5.70. The maximum absolute atomic E-state index is 5.70. The van der Waals surface area contributed by atoms with Crippen LogP contribution < -0.4 is 5.73 Å². The molecule has 0 aromatic heterocycles. The molecule has 2 N–H and O–H groups in total. The van der Waals surface area contributed by atoms with Gasteiger partial charge in [0.25, 0.3) is 0 Å². The molecular weight excluding hydrogens is 206 g/mol.